The van der Waals surface area contributed by atoms with Crippen LogP contribution in [0, 0.1) is 0 Å². The molecule has 0 fully saturated rings. The Morgan fingerprint density at radius 2 is 1.38 bits per heavy atom. The largest absolute Gasteiger partial charge is 0.297 e. The third-order valence-corrected chi connectivity index (χ3v) is 8.14. The van der Waals surface area contributed by atoms with Crippen molar-refractivity contribution in [3.63, 3.8) is 0 Å². The first-order valence-electron chi connectivity index (χ1n) is 5.16. The fourth-order valence-corrected chi connectivity index (χ4v) is 7.31. The van der Waals surface area contributed by atoms with E-state index in [1.165, 1.54) is 22.7 Å². The molecular formula is C10H12O2S4. The number of carbonyl (C=O) groups is 1. The summed E-state index contributed by atoms with van der Waals surface area (Å²) < 4.78 is 2.25. The zero-order valence-electron chi connectivity index (χ0n) is 9.02. The fourth-order valence-electron chi connectivity index (χ4n) is 1.55. The van der Waals surface area contributed by atoms with E-state index in [2.05, 4.69) is 0 Å². The standard InChI is InChI=1S/C10H12O2S4/c1-3-5-7(11)6(4-2)14-9-8(13-5)15-10(12)16-9/h5-6H,3-4H2,1-2H3. The Kier molecular flexibility index (Phi) is 4.15. The van der Waals surface area contributed by atoms with Crippen LogP contribution in [0.2, 0.25) is 0 Å². The van der Waals surface area contributed by atoms with Crippen molar-refractivity contribution in [2.75, 3.05) is 0 Å². The Balaban J connectivity index is 2.38. The first-order valence-corrected chi connectivity index (χ1v) is 8.55. The summed E-state index contributed by atoms with van der Waals surface area (Å²) >= 11 is 5.75. The average molecular weight is 292 g/mol. The molecule has 0 spiro atoms. The van der Waals surface area contributed by atoms with Crippen LogP contribution in [0.3, 0.4) is 0 Å². The molecule has 2 unspecified atom stereocenters. The van der Waals surface area contributed by atoms with Crippen LogP contribution in [0.25, 0.3) is 0 Å². The van der Waals surface area contributed by atoms with Crippen LogP contribution in [0.4, 0.5) is 0 Å². The Labute approximate surface area is 111 Å². The SMILES string of the molecule is CCC1Sc2sc(=O)sc2SC(CC)C1=O. The van der Waals surface area contributed by atoms with Gasteiger partial charge in [-0.1, -0.05) is 36.5 Å². The summed E-state index contributed by atoms with van der Waals surface area (Å²) in [5.74, 6) is 0.336. The minimum atomic E-state index is 0.0314. The molecule has 6 heteroatoms. The highest BCUT2D eigenvalue weighted by molar-refractivity contribution is 8.07. The lowest BCUT2D eigenvalue weighted by Gasteiger charge is -2.14. The topological polar surface area (TPSA) is 34.1 Å². The van der Waals surface area contributed by atoms with Crippen LogP contribution in [-0.2, 0) is 4.79 Å². The Morgan fingerprint density at radius 3 is 1.75 bits per heavy atom. The summed E-state index contributed by atoms with van der Waals surface area (Å²) in [5, 5.41) is 0.0629. The molecule has 0 saturated carbocycles. The number of fused-ring (bicyclic) bond motifs is 1. The number of rotatable bonds is 2. The summed E-state index contributed by atoms with van der Waals surface area (Å²) in [6, 6.07) is 0. The monoisotopic (exact) mass is 292 g/mol. The van der Waals surface area contributed by atoms with E-state index in [-0.39, 0.29) is 14.6 Å². The molecule has 2 heterocycles. The fraction of sp³-hybridized carbons (Fsp3) is 0.600. The predicted octanol–water partition coefficient (Wildman–Crippen LogP) is 3.49. The summed E-state index contributed by atoms with van der Waals surface area (Å²) in [6.07, 6.45) is 1.69. The molecule has 0 N–H and O–H groups in total. The normalized spacial score (nSPS) is 25.2. The summed E-state index contributed by atoms with van der Waals surface area (Å²) in [6.45, 7) is 4.07. The van der Waals surface area contributed by atoms with Crippen LogP contribution in [0.15, 0.2) is 13.2 Å². The zero-order valence-corrected chi connectivity index (χ0v) is 12.3. The molecule has 16 heavy (non-hydrogen) atoms. The van der Waals surface area contributed by atoms with Crippen LogP contribution < -0.4 is 4.06 Å². The smallest absolute Gasteiger partial charge is 0.289 e. The molecule has 0 aromatic carbocycles. The van der Waals surface area contributed by atoms with Crippen LogP contribution in [-0.4, -0.2) is 16.3 Å². The first kappa shape index (κ1) is 12.7. The van der Waals surface area contributed by atoms with E-state index in [4.69, 9.17) is 0 Å². The van der Waals surface area contributed by atoms with Gasteiger partial charge in [-0.25, -0.2) is 0 Å². The van der Waals surface area contributed by atoms with Gasteiger partial charge in [0.25, 0.3) is 4.06 Å². The van der Waals surface area contributed by atoms with Crippen molar-refractivity contribution < 1.29 is 4.79 Å². The van der Waals surface area contributed by atoms with Gasteiger partial charge in [-0.05, 0) is 12.8 Å². The Hall–Kier alpha value is 0.220. The molecule has 0 amide bonds. The summed E-state index contributed by atoms with van der Waals surface area (Å²) in [7, 11) is 0. The lowest BCUT2D eigenvalue weighted by Crippen LogP contribution is -2.25. The van der Waals surface area contributed by atoms with Gasteiger partial charge in [-0.3, -0.25) is 9.59 Å². The Morgan fingerprint density at radius 1 is 0.938 bits per heavy atom. The third kappa shape index (κ3) is 2.39. The molecule has 0 aliphatic carbocycles. The second-order valence-electron chi connectivity index (χ2n) is 3.46. The maximum absolute atomic E-state index is 12.1. The third-order valence-electron chi connectivity index (χ3n) is 2.39. The molecule has 2 nitrogen and oxygen atoms in total. The van der Waals surface area contributed by atoms with Crippen molar-refractivity contribution in [2.24, 2.45) is 0 Å². The Bertz CT molecular complexity index is 411. The second-order valence-corrected chi connectivity index (χ2v) is 8.63. The number of thioether (sulfide) groups is 2. The lowest BCUT2D eigenvalue weighted by molar-refractivity contribution is -0.118. The highest BCUT2D eigenvalue weighted by atomic mass is 32.2. The van der Waals surface area contributed by atoms with E-state index in [1.807, 2.05) is 13.8 Å². The first-order chi connectivity index (χ1) is 7.65. The summed E-state index contributed by atoms with van der Waals surface area (Å²) in [4.78, 5) is 23.5. The number of Topliss-reactive ketones (excluding diaryl/α,β-unsaturated/α-hetero) is 1. The quantitative estimate of drug-likeness (QED) is 0.835. The van der Waals surface area contributed by atoms with Crippen molar-refractivity contribution in [3.8, 4) is 0 Å². The van der Waals surface area contributed by atoms with Crippen LogP contribution in [0.1, 0.15) is 26.7 Å². The lowest BCUT2D eigenvalue weighted by atomic mass is 10.1. The maximum Gasteiger partial charge on any atom is 0.289 e. The molecule has 2 rings (SSSR count). The molecule has 0 bridgehead atoms. The molecule has 0 saturated heterocycles. The van der Waals surface area contributed by atoms with Gasteiger partial charge >= 0.3 is 0 Å². The van der Waals surface area contributed by atoms with Gasteiger partial charge in [0.1, 0.15) is 0 Å². The molecule has 2 atom stereocenters. The van der Waals surface area contributed by atoms with Gasteiger partial charge in [0.15, 0.2) is 5.78 Å². The highest BCUT2D eigenvalue weighted by Gasteiger charge is 2.32. The summed E-state index contributed by atoms with van der Waals surface area (Å²) in [5.41, 5.74) is 0. The molecule has 1 aliphatic rings. The van der Waals surface area contributed by atoms with E-state index < -0.39 is 0 Å². The second kappa shape index (κ2) is 5.25. The van der Waals surface area contributed by atoms with E-state index in [9.17, 15) is 9.59 Å². The maximum atomic E-state index is 12.1. The number of carbonyl (C=O) groups excluding carboxylic acids is 1. The van der Waals surface area contributed by atoms with E-state index in [0.29, 0.717) is 5.78 Å². The minimum Gasteiger partial charge on any atom is -0.297 e. The molecule has 1 aromatic rings. The molecule has 88 valence electrons. The van der Waals surface area contributed by atoms with E-state index in [0.717, 1.165) is 21.3 Å². The van der Waals surface area contributed by atoms with Crippen molar-refractivity contribution in [2.45, 2.75) is 45.6 Å². The van der Waals surface area contributed by atoms with Crippen LogP contribution >= 0.6 is 46.2 Å². The van der Waals surface area contributed by atoms with Crippen molar-refractivity contribution >= 4 is 52.0 Å². The van der Waals surface area contributed by atoms with Gasteiger partial charge < -0.3 is 0 Å². The van der Waals surface area contributed by atoms with Gasteiger partial charge in [0.2, 0.25) is 0 Å². The molecule has 1 aliphatic heterocycles. The average Bonchev–Trinajstić information content (AvgIpc) is 2.56. The number of ketones is 1. The van der Waals surface area contributed by atoms with Crippen molar-refractivity contribution in [1.29, 1.82) is 0 Å². The van der Waals surface area contributed by atoms with E-state index >= 15 is 0 Å². The predicted molar refractivity (Wildman–Crippen MR) is 73.3 cm³/mol. The van der Waals surface area contributed by atoms with Gasteiger partial charge in [0, 0.05) is 0 Å². The minimum absolute atomic E-state index is 0.0314. The van der Waals surface area contributed by atoms with Gasteiger partial charge in [-0.15, -0.1) is 23.5 Å². The molecule has 1 aromatic heterocycles. The molecule has 0 radical (unpaired) electrons. The van der Waals surface area contributed by atoms with Gasteiger partial charge in [-0.2, -0.15) is 0 Å². The van der Waals surface area contributed by atoms with Crippen LogP contribution in [0.5, 0.6) is 0 Å². The van der Waals surface area contributed by atoms with Crippen molar-refractivity contribution in [3.05, 3.63) is 8.85 Å². The molecular weight excluding hydrogens is 280 g/mol. The number of hydrogen-bond acceptors (Lipinski definition) is 6. The van der Waals surface area contributed by atoms with Crippen molar-refractivity contribution in [1.82, 2.24) is 0 Å². The van der Waals surface area contributed by atoms with Gasteiger partial charge in [0.05, 0.1) is 18.9 Å². The zero-order chi connectivity index (χ0) is 11.7. The highest BCUT2D eigenvalue weighted by Crippen LogP contribution is 2.45. The number of hydrogen-bond donors (Lipinski definition) is 0. The van der Waals surface area contributed by atoms with E-state index in [1.54, 1.807) is 23.5 Å².